The third-order valence-corrected chi connectivity index (χ3v) is 3.89. The third kappa shape index (κ3) is 4.34. The van der Waals surface area contributed by atoms with Gasteiger partial charge in [-0.3, -0.25) is 4.79 Å². The van der Waals surface area contributed by atoms with Crippen molar-refractivity contribution in [3.05, 3.63) is 11.6 Å². The van der Waals surface area contributed by atoms with Crippen LogP contribution in [-0.4, -0.2) is 24.3 Å². The lowest BCUT2D eigenvalue weighted by molar-refractivity contribution is -0.154. The molecule has 0 aromatic heterocycles. The van der Waals surface area contributed by atoms with Gasteiger partial charge in [-0.1, -0.05) is 18.6 Å². The number of carbonyl (C=O) groups is 1. The molecule has 0 saturated carbocycles. The Morgan fingerprint density at radius 3 is 2.63 bits per heavy atom. The van der Waals surface area contributed by atoms with Crippen molar-refractivity contribution in [3.8, 4) is 0 Å². The minimum Gasteiger partial charge on any atom is -0.466 e. The van der Waals surface area contributed by atoms with Crippen molar-refractivity contribution >= 4 is 5.97 Å². The molecule has 1 saturated heterocycles. The zero-order valence-corrected chi connectivity index (χ0v) is 13.0. The highest BCUT2D eigenvalue weighted by molar-refractivity contribution is 5.74. The van der Waals surface area contributed by atoms with E-state index in [1.807, 2.05) is 6.92 Å². The summed E-state index contributed by atoms with van der Waals surface area (Å²) in [6.07, 6.45) is 5.96. The number of carbonyl (C=O) groups excluding carboxylic acids is 1. The summed E-state index contributed by atoms with van der Waals surface area (Å²) in [5.74, 6) is -0.221. The van der Waals surface area contributed by atoms with Crippen molar-refractivity contribution in [3.63, 3.8) is 0 Å². The van der Waals surface area contributed by atoms with Crippen LogP contribution >= 0.6 is 0 Å². The number of ether oxygens (including phenoxy) is 2. The average Bonchev–Trinajstić information content (AvgIpc) is 2.66. The van der Waals surface area contributed by atoms with Crippen LogP contribution in [0.25, 0.3) is 0 Å². The first-order chi connectivity index (χ1) is 8.92. The average molecular weight is 268 g/mol. The van der Waals surface area contributed by atoms with E-state index in [9.17, 15) is 4.79 Å². The lowest BCUT2D eigenvalue weighted by Crippen LogP contribution is -2.37. The van der Waals surface area contributed by atoms with Crippen molar-refractivity contribution in [2.75, 3.05) is 6.61 Å². The van der Waals surface area contributed by atoms with Gasteiger partial charge < -0.3 is 9.47 Å². The minimum atomic E-state index is -0.376. The van der Waals surface area contributed by atoms with E-state index < -0.39 is 0 Å². The van der Waals surface area contributed by atoms with Crippen molar-refractivity contribution in [1.29, 1.82) is 0 Å². The molecule has 1 aliphatic rings. The van der Waals surface area contributed by atoms with Crippen LogP contribution in [0.15, 0.2) is 11.6 Å². The van der Waals surface area contributed by atoms with Crippen LogP contribution in [0.3, 0.4) is 0 Å². The van der Waals surface area contributed by atoms with E-state index in [0.717, 1.165) is 25.7 Å². The first-order valence-electron chi connectivity index (χ1n) is 7.40. The molecule has 0 radical (unpaired) electrons. The van der Waals surface area contributed by atoms with Gasteiger partial charge in [0.05, 0.1) is 24.2 Å². The van der Waals surface area contributed by atoms with Crippen LogP contribution < -0.4 is 0 Å². The molecule has 1 aliphatic heterocycles. The molecule has 0 bridgehead atoms. The summed E-state index contributed by atoms with van der Waals surface area (Å²) >= 11 is 0. The maximum Gasteiger partial charge on any atom is 0.311 e. The molecule has 1 heterocycles. The molecule has 0 spiro atoms. The summed E-state index contributed by atoms with van der Waals surface area (Å²) in [5.41, 5.74) is 0.931. The smallest absolute Gasteiger partial charge is 0.311 e. The summed E-state index contributed by atoms with van der Waals surface area (Å²) in [4.78, 5) is 12.1. The van der Waals surface area contributed by atoms with Crippen LogP contribution in [0.1, 0.15) is 60.3 Å². The molecule has 0 N–H and O–H groups in total. The molecular weight excluding hydrogens is 240 g/mol. The Labute approximate surface area is 117 Å². The molecule has 19 heavy (non-hydrogen) atoms. The molecule has 3 atom stereocenters. The molecular formula is C16H28O3. The predicted octanol–water partition coefficient (Wildman–Crippen LogP) is 3.87. The van der Waals surface area contributed by atoms with Gasteiger partial charge >= 0.3 is 5.97 Å². The molecule has 3 unspecified atom stereocenters. The maximum absolute atomic E-state index is 12.1. The molecule has 0 amide bonds. The van der Waals surface area contributed by atoms with Gasteiger partial charge in [0.15, 0.2) is 0 Å². The molecule has 1 rings (SSSR count). The molecule has 0 aliphatic carbocycles. The Morgan fingerprint density at radius 2 is 2.11 bits per heavy atom. The van der Waals surface area contributed by atoms with Gasteiger partial charge in [0.1, 0.15) is 0 Å². The van der Waals surface area contributed by atoms with Crippen molar-refractivity contribution in [1.82, 2.24) is 0 Å². The second kappa shape index (κ2) is 7.09. The standard InChI is InChI=1S/C16H28O3/c1-6-13-11-14(15(17)18-7-2)16(5,19-13)10-8-9-12(3)4/h9,13-14H,6-8,10-11H2,1-5H3. The van der Waals surface area contributed by atoms with Gasteiger partial charge in [-0.25, -0.2) is 0 Å². The third-order valence-electron chi connectivity index (χ3n) is 3.89. The number of rotatable bonds is 6. The van der Waals surface area contributed by atoms with Gasteiger partial charge in [0.25, 0.3) is 0 Å². The maximum atomic E-state index is 12.1. The number of allylic oxidation sites excluding steroid dienone is 2. The Balaban J connectivity index is 2.74. The summed E-state index contributed by atoms with van der Waals surface area (Å²) in [6, 6.07) is 0. The van der Waals surface area contributed by atoms with E-state index in [1.165, 1.54) is 5.57 Å². The SMILES string of the molecule is CCOC(=O)C1CC(CC)OC1(C)CCC=C(C)C. The molecule has 110 valence electrons. The van der Waals surface area contributed by atoms with E-state index in [0.29, 0.717) is 6.61 Å². The summed E-state index contributed by atoms with van der Waals surface area (Å²) < 4.78 is 11.3. The lowest BCUT2D eigenvalue weighted by Gasteiger charge is -2.29. The highest BCUT2D eigenvalue weighted by Crippen LogP contribution is 2.41. The van der Waals surface area contributed by atoms with Gasteiger partial charge in [0.2, 0.25) is 0 Å². The number of hydrogen-bond acceptors (Lipinski definition) is 3. The summed E-state index contributed by atoms with van der Waals surface area (Å²) in [6.45, 7) is 10.6. The fourth-order valence-electron chi connectivity index (χ4n) is 2.74. The normalized spacial score (nSPS) is 30.2. The summed E-state index contributed by atoms with van der Waals surface area (Å²) in [5, 5.41) is 0. The Hall–Kier alpha value is -0.830. The number of esters is 1. The van der Waals surface area contributed by atoms with Crippen LogP contribution in [0.4, 0.5) is 0 Å². The van der Waals surface area contributed by atoms with Gasteiger partial charge in [-0.15, -0.1) is 0 Å². The predicted molar refractivity (Wildman–Crippen MR) is 77.0 cm³/mol. The largest absolute Gasteiger partial charge is 0.466 e. The minimum absolute atomic E-state index is 0.0989. The second-order valence-corrected chi connectivity index (χ2v) is 5.82. The van der Waals surface area contributed by atoms with Gasteiger partial charge in [0, 0.05) is 0 Å². The first-order valence-corrected chi connectivity index (χ1v) is 7.40. The highest BCUT2D eigenvalue weighted by Gasteiger charge is 2.48. The van der Waals surface area contributed by atoms with E-state index in [2.05, 4.69) is 33.8 Å². The van der Waals surface area contributed by atoms with E-state index in [-0.39, 0.29) is 23.6 Å². The lowest BCUT2D eigenvalue weighted by atomic mass is 9.84. The molecule has 0 aromatic rings. The second-order valence-electron chi connectivity index (χ2n) is 5.82. The fourth-order valence-corrected chi connectivity index (χ4v) is 2.74. The van der Waals surface area contributed by atoms with Crippen LogP contribution in [-0.2, 0) is 14.3 Å². The van der Waals surface area contributed by atoms with Crippen molar-refractivity contribution in [2.24, 2.45) is 5.92 Å². The Morgan fingerprint density at radius 1 is 1.42 bits per heavy atom. The fraction of sp³-hybridized carbons (Fsp3) is 0.812. The van der Waals surface area contributed by atoms with Crippen LogP contribution in [0.2, 0.25) is 0 Å². The monoisotopic (exact) mass is 268 g/mol. The Kier molecular flexibility index (Phi) is 6.05. The molecule has 3 heteroatoms. The van der Waals surface area contributed by atoms with E-state index in [1.54, 1.807) is 0 Å². The van der Waals surface area contributed by atoms with Crippen molar-refractivity contribution < 1.29 is 14.3 Å². The van der Waals surface area contributed by atoms with E-state index >= 15 is 0 Å². The number of hydrogen-bond donors (Lipinski definition) is 0. The zero-order valence-electron chi connectivity index (χ0n) is 13.0. The quantitative estimate of drug-likeness (QED) is 0.542. The zero-order chi connectivity index (χ0) is 14.5. The Bertz CT molecular complexity index is 331. The van der Waals surface area contributed by atoms with Crippen LogP contribution in [0.5, 0.6) is 0 Å². The van der Waals surface area contributed by atoms with Gasteiger partial charge in [-0.05, 0) is 53.4 Å². The highest BCUT2D eigenvalue weighted by atomic mass is 16.5. The molecule has 1 fully saturated rings. The molecule has 3 nitrogen and oxygen atoms in total. The van der Waals surface area contributed by atoms with Crippen molar-refractivity contribution in [2.45, 2.75) is 72.0 Å². The van der Waals surface area contributed by atoms with E-state index in [4.69, 9.17) is 9.47 Å². The summed E-state index contributed by atoms with van der Waals surface area (Å²) in [7, 11) is 0. The molecule has 0 aromatic carbocycles. The van der Waals surface area contributed by atoms with Gasteiger partial charge in [-0.2, -0.15) is 0 Å². The van der Waals surface area contributed by atoms with Crippen LogP contribution in [0, 0.1) is 5.92 Å². The topological polar surface area (TPSA) is 35.5 Å². The first kappa shape index (κ1) is 16.2.